The SMILES string of the molecule is c1ccc(-n2c3ccccc3c3cc(-c4cc5sc6ccccc6c5c5c4c4ccccc4n5-c4cccc5ccccc45)ccc32)cc1. The molecule has 0 fully saturated rings. The fraction of sp³-hybridized carbons (Fsp3) is 0. The topological polar surface area (TPSA) is 9.86 Å². The molecule has 0 N–H and O–H groups in total. The molecule has 0 aliphatic rings. The monoisotopic (exact) mass is 640 g/mol. The van der Waals surface area contributed by atoms with E-state index in [-0.39, 0.29) is 0 Å². The van der Waals surface area contributed by atoms with Crippen molar-refractivity contribution in [2.75, 3.05) is 0 Å². The van der Waals surface area contributed by atoms with Gasteiger partial charge in [-0.05, 0) is 71.1 Å². The van der Waals surface area contributed by atoms with Crippen molar-refractivity contribution < 1.29 is 0 Å². The predicted molar refractivity (Wildman–Crippen MR) is 211 cm³/mol. The molecule has 0 aliphatic heterocycles. The number of fused-ring (bicyclic) bond motifs is 11. The molecule has 0 aliphatic carbocycles. The van der Waals surface area contributed by atoms with Crippen LogP contribution >= 0.6 is 11.3 Å². The molecule has 0 saturated carbocycles. The van der Waals surface area contributed by atoms with E-state index in [4.69, 9.17) is 0 Å². The average Bonchev–Trinajstić information content (AvgIpc) is 3.82. The first-order valence-corrected chi connectivity index (χ1v) is 17.6. The van der Waals surface area contributed by atoms with Crippen LogP contribution in [0.4, 0.5) is 0 Å². The minimum Gasteiger partial charge on any atom is -0.309 e. The van der Waals surface area contributed by atoms with Gasteiger partial charge in [0, 0.05) is 52.8 Å². The van der Waals surface area contributed by atoms with Crippen molar-refractivity contribution in [3.63, 3.8) is 0 Å². The van der Waals surface area contributed by atoms with Gasteiger partial charge in [0.1, 0.15) is 0 Å². The highest BCUT2D eigenvalue weighted by Crippen LogP contribution is 2.48. The second kappa shape index (κ2) is 10.2. The van der Waals surface area contributed by atoms with E-state index < -0.39 is 0 Å². The molecule has 0 unspecified atom stereocenters. The molecule has 0 atom stereocenters. The Bertz CT molecular complexity index is 3100. The normalized spacial score (nSPS) is 12.1. The molecular formula is C46H28N2S. The van der Waals surface area contributed by atoms with Gasteiger partial charge in [-0.25, -0.2) is 0 Å². The maximum atomic E-state index is 2.54. The molecule has 228 valence electrons. The molecule has 11 aromatic rings. The largest absolute Gasteiger partial charge is 0.309 e. The van der Waals surface area contributed by atoms with Gasteiger partial charge >= 0.3 is 0 Å². The first kappa shape index (κ1) is 26.9. The van der Waals surface area contributed by atoms with Crippen molar-refractivity contribution in [2.45, 2.75) is 0 Å². The number of hydrogen-bond acceptors (Lipinski definition) is 1. The molecule has 0 bridgehead atoms. The Labute approximate surface area is 286 Å². The van der Waals surface area contributed by atoms with Crippen molar-refractivity contribution in [3.8, 4) is 22.5 Å². The standard InChI is InChI=1S/C46H28N2S/c1-2-15-31(16-3-1)47-39-21-9-6-18-33(39)37-27-30(25-26-41(37)47)36-28-43-45(35-20-8-11-24-42(35)49-43)46-44(36)34-19-7-10-22-40(34)48(46)38-23-12-14-29-13-4-5-17-32(29)38/h1-28H. The maximum Gasteiger partial charge on any atom is 0.0640 e. The van der Waals surface area contributed by atoms with Crippen LogP contribution in [0.15, 0.2) is 170 Å². The Morgan fingerprint density at radius 1 is 0.388 bits per heavy atom. The van der Waals surface area contributed by atoms with E-state index in [2.05, 4.69) is 179 Å². The summed E-state index contributed by atoms with van der Waals surface area (Å²) < 4.78 is 7.55. The third kappa shape index (κ3) is 3.76. The number of benzene rings is 8. The van der Waals surface area contributed by atoms with Crippen LogP contribution in [-0.4, -0.2) is 9.13 Å². The van der Waals surface area contributed by atoms with E-state index in [1.807, 2.05) is 11.3 Å². The Kier molecular flexibility index (Phi) is 5.57. The zero-order valence-corrected chi connectivity index (χ0v) is 27.3. The average molecular weight is 641 g/mol. The molecule has 2 nitrogen and oxygen atoms in total. The van der Waals surface area contributed by atoms with E-state index >= 15 is 0 Å². The fourth-order valence-corrected chi connectivity index (χ4v) is 9.39. The molecule has 0 spiro atoms. The van der Waals surface area contributed by atoms with Gasteiger partial charge in [-0.15, -0.1) is 11.3 Å². The van der Waals surface area contributed by atoms with Gasteiger partial charge in [0.2, 0.25) is 0 Å². The van der Waals surface area contributed by atoms with Crippen molar-refractivity contribution in [1.29, 1.82) is 0 Å². The van der Waals surface area contributed by atoms with E-state index in [1.165, 1.54) is 97.1 Å². The van der Waals surface area contributed by atoms with Crippen LogP contribution in [0, 0.1) is 0 Å². The predicted octanol–water partition coefficient (Wildman–Crippen LogP) is 13.1. The van der Waals surface area contributed by atoms with E-state index in [0.717, 1.165) is 0 Å². The number of thiophene rings is 1. The summed E-state index contributed by atoms with van der Waals surface area (Å²) in [5.74, 6) is 0. The zero-order valence-electron chi connectivity index (χ0n) is 26.5. The van der Waals surface area contributed by atoms with E-state index in [9.17, 15) is 0 Å². The van der Waals surface area contributed by atoms with Crippen LogP contribution in [0.1, 0.15) is 0 Å². The molecular weight excluding hydrogens is 613 g/mol. The lowest BCUT2D eigenvalue weighted by molar-refractivity contribution is 1.18. The summed E-state index contributed by atoms with van der Waals surface area (Å²) in [4.78, 5) is 0. The van der Waals surface area contributed by atoms with Crippen LogP contribution in [-0.2, 0) is 0 Å². The van der Waals surface area contributed by atoms with Gasteiger partial charge in [-0.3, -0.25) is 0 Å². The van der Waals surface area contributed by atoms with Crippen LogP contribution < -0.4 is 0 Å². The van der Waals surface area contributed by atoms with Crippen LogP contribution in [0.2, 0.25) is 0 Å². The lowest BCUT2D eigenvalue weighted by Gasteiger charge is -2.14. The van der Waals surface area contributed by atoms with Crippen molar-refractivity contribution in [3.05, 3.63) is 170 Å². The number of hydrogen-bond donors (Lipinski definition) is 0. The van der Waals surface area contributed by atoms with Gasteiger partial charge in [0.25, 0.3) is 0 Å². The Morgan fingerprint density at radius 3 is 1.90 bits per heavy atom. The fourth-order valence-electron chi connectivity index (χ4n) is 8.24. The van der Waals surface area contributed by atoms with Crippen LogP contribution in [0.3, 0.4) is 0 Å². The summed E-state index contributed by atoms with van der Waals surface area (Å²) >= 11 is 1.89. The third-order valence-corrected chi connectivity index (χ3v) is 11.4. The molecule has 3 heterocycles. The summed E-state index contributed by atoms with van der Waals surface area (Å²) in [6.45, 7) is 0. The van der Waals surface area contributed by atoms with Crippen LogP contribution in [0.5, 0.6) is 0 Å². The summed E-state index contributed by atoms with van der Waals surface area (Å²) in [6.07, 6.45) is 0. The molecule has 3 aromatic heterocycles. The first-order chi connectivity index (χ1) is 24.3. The highest BCUT2D eigenvalue weighted by molar-refractivity contribution is 7.26. The molecule has 0 saturated heterocycles. The van der Waals surface area contributed by atoms with Gasteiger partial charge in [-0.2, -0.15) is 0 Å². The number of rotatable bonds is 3. The van der Waals surface area contributed by atoms with Crippen molar-refractivity contribution in [2.24, 2.45) is 0 Å². The van der Waals surface area contributed by atoms with Gasteiger partial charge in [0.15, 0.2) is 0 Å². The highest BCUT2D eigenvalue weighted by atomic mass is 32.1. The lowest BCUT2D eigenvalue weighted by Crippen LogP contribution is -1.96. The smallest absolute Gasteiger partial charge is 0.0640 e. The quantitative estimate of drug-likeness (QED) is 0.182. The second-order valence-corrected chi connectivity index (χ2v) is 14.0. The number of nitrogens with zero attached hydrogens (tertiary/aromatic N) is 2. The lowest BCUT2D eigenvalue weighted by atomic mass is 9.95. The summed E-state index contributed by atoms with van der Waals surface area (Å²) in [5.41, 5.74) is 9.81. The number of aromatic nitrogens is 2. The maximum absolute atomic E-state index is 2.54. The van der Waals surface area contributed by atoms with Crippen LogP contribution in [0.25, 0.3) is 97.1 Å². The minimum atomic E-state index is 1.17. The minimum absolute atomic E-state index is 1.17. The highest BCUT2D eigenvalue weighted by Gasteiger charge is 2.23. The first-order valence-electron chi connectivity index (χ1n) is 16.8. The zero-order chi connectivity index (χ0) is 32.1. The van der Waals surface area contributed by atoms with Crippen molar-refractivity contribution >= 4 is 85.9 Å². The van der Waals surface area contributed by atoms with E-state index in [0.29, 0.717) is 0 Å². The van der Waals surface area contributed by atoms with Gasteiger partial charge in [0.05, 0.1) is 27.8 Å². The Morgan fingerprint density at radius 2 is 1.04 bits per heavy atom. The molecule has 3 heteroatoms. The molecule has 11 rings (SSSR count). The molecule has 49 heavy (non-hydrogen) atoms. The molecule has 8 aromatic carbocycles. The second-order valence-electron chi connectivity index (χ2n) is 12.9. The number of para-hydroxylation sites is 3. The summed E-state index contributed by atoms with van der Waals surface area (Å²) in [5, 5.41) is 10.2. The Hall–Kier alpha value is -6.16. The molecule has 0 radical (unpaired) electrons. The van der Waals surface area contributed by atoms with Gasteiger partial charge < -0.3 is 9.13 Å². The van der Waals surface area contributed by atoms with E-state index in [1.54, 1.807) is 0 Å². The Balaban J connectivity index is 1.31. The van der Waals surface area contributed by atoms with Crippen molar-refractivity contribution in [1.82, 2.24) is 9.13 Å². The third-order valence-electron chi connectivity index (χ3n) is 10.3. The molecule has 0 amide bonds. The summed E-state index contributed by atoms with van der Waals surface area (Å²) in [6, 6.07) is 62.4. The van der Waals surface area contributed by atoms with Gasteiger partial charge in [-0.1, -0.05) is 115 Å². The summed E-state index contributed by atoms with van der Waals surface area (Å²) in [7, 11) is 0.